The van der Waals surface area contributed by atoms with Crippen molar-refractivity contribution in [2.45, 2.75) is 75.6 Å². The minimum atomic E-state index is -1.43. The van der Waals surface area contributed by atoms with Crippen LogP contribution in [0.5, 0.6) is 0 Å². The third kappa shape index (κ3) is 2.54. The van der Waals surface area contributed by atoms with Crippen LogP contribution in [-0.4, -0.2) is 45.2 Å². The Morgan fingerprint density at radius 3 is 2.55 bits per heavy atom. The number of hydrogen-bond donors (Lipinski definition) is 3. The van der Waals surface area contributed by atoms with Gasteiger partial charge in [0.15, 0.2) is 5.78 Å². The molecular formula is C24H30O7. The fourth-order valence-electron chi connectivity index (χ4n) is 8.00. The predicted octanol–water partition coefficient (Wildman–Crippen LogP) is 1.57. The van der Waals surface area contributed by atoms with E-state index < -0.39 is 46.1 Å². The average molecular weight is 430 g/mol. The van der Waals surface area contributed by atoms with Gasteiger partial charge in [-0.15, -0.1) is 0 Å². The summed E-state index contributed by atoms with van der Waals surface area (Å²) in [5, 5.41) is 33.7. The molecule has 0 aliphatic heterocycles. The number of Topliss-reactive ketones (excluding diaryl/α,β-unsaturated/α-hetero) is 1. The number of carbonyl (C=O) groups is 2. The van der Waals surface area contributed by atoms with Gasteiger partial charge in [-0.1, -0.05) is 6.92 Å². The molecule has 9 atom stereocenters. The van der Waals surface area contributed by atoms with Crippen LogP contribution < -0.4 is 5.63 Å². The molecule has 7 heteroatoms. The van der Waals surface area contributed by atoms with Gasteiger partial charge in [0.05, 0.1) is 18.0 Å². The molecule has 3 N–H and O–H groups in total. The fraction of sp³-hybridized carbons (Fsp3) is 0.708. The van der Waals surface area contributed by atoms with Crippen molar-refractivity contribution in [3.63, 3.8) is 0 Å². The third-order valence-corrected chi connectivity index (χ3v) is 9.61. The van der Waals surface area contributed by atoms with Crippen molar-refractivity contribution in [3.8, 4) is 0 Å². The molecule has 0 bridgehead atoms. The molecule has 5 rings (SSSR count). The van der Waals surface area contributed by atoms with Crippen LogP contribution >= 0.6 is 0 Å². The zero-order chi connectivity index (χ0) is 22.2. The van der Waals surface area contributed by atoms with Gasteiger partial charge in [-0.05, 0) is 74.3 Å². The van der Waals surface area contributed by atoms with Crippen LogP contribution in [0.1, 0.15) is 63.4 Å². The lowest BCUT2D eigenvalue weighted by atomic mass is 9.42. The Labute approximate surface area is 180 Å². The Morgan fingerprint density at radius 2 is 1.87 bits per heavy atom. The van der Waals surface area contributed by atoms with E-state index in [0.717, 1.165) is 6.29 Å². The van der Waals surface area contributed by atoms with Crippen molar-refractivity contribution >= 4 is 12.1 Å². The summed E-state index contributed by atoms with van der Waals surface area (Å²) < 4.78 is 5.04. The number of hydrogen-bond acceptors (Lipinski definition) is 7. The zero-order valence-electron chi connectivity index (χ0n) is 17.7. The van der Waals surface area contributed by atoms with Crippen LogP contribution in [0, 0.1) is 28.6 Å². The maximum atomic E-state index is 13.7. The second kappa shape index (κ2) is 6.83. The number of rotatable bonds is 2. The minimum Gasteiger partial charge on any atom is -0.431 e. The highest BCUT2D eigenvalue weighted by Gasteiger charge is 2.74. The molecule has 1 aromatic heterocycles. The molecule has 31 heavy (non-hydrogen) atoms. The van der Waals surface area contributed by atoms with Gasteiger partial charge in [-0.2, -0.15) is 0 Å². The summed E-state index contributed by atoms with van der Waals surface area (Å²) in [5.41, 5.74) is -3.19. The molecule has 1 aromatic rings. The Morgan fingerprint density at radius 1 is 1.10 bits per heavy atom. The van der Waals surface area contributed by atoms with Crippen molar-refractivity contribution in [1.29, 1.82) is 0 Å². The van der Waals surface area contributed by atoms with Crippen LogP contribution in [-0.2, 0) is 9.59 Å². The molecule has 0 radical (unpaired) electrons. The highest BCUT2D eigenvalue weighted by atomic mass is 16.4. The Kier molecular flexibility index (Phi) is 4.64. The zero-order valence-corrected chi connectivity index (χ0v) is 17.7. The highest BCUT2D eigenvalue weighted by molar-refractivity contribution is 5.92. The fourth-order valence-corrected chi connectivity index (χ4v) is 8.00. The number of ketones is 1. The molecule has 0 unspecified atom stereocenters. The third-order valence-electron chi connectivity index (χ3n) is 9.61. The summed E-state index contributed by atoms with van der Waals surface area (Å²) in [6.45, 7) is 1.76. The number of aldehydes is 1. The van der Waals surface area contributed by atoms with Gasteiger partial charge >= 0.3 is 5.63 Å². The number of fused-ring (bicyclic) bond motifs is 5. The summed E-state index contributed by atoms with van der Waals surface area (Å²) in [6, 6.07) is 2.96. The lowest BCUT2D eigenvalue weighted by molar-refractivity contribution is -0.228. The van der Waals surface area contributed by atoms with E-state index in [0.29, 0.717) is 50.5 Å². The Bertz CT molecular complexity index is 950. The summed E-state index contributed by atoms with van der Waals surface area (Å²) in [5.74, 6) is -1.99. The van der Waals surface area contributed by atoms with E-state index in [2.05, 4.69) is 0 Å². The predicted molar refractivity (Wildman–Crippen MR) is 109 cm³/mol. The molecule has 0 amide bonds. The van der Waals surface area contributed by atoms with Gasteiger partial charge in [-0.25, -0.2) is 4.79 Å². The normalized spacial score (nSPS) is 49.1. The first-order valence-corrected chi connectivity index (χ1v) is 11.4. The molecular weight excluding hydrogens is 400 g/mol. The number of aliphatic hydroxyl groups excluding tert-OH is 2. The molecule has 1 heterocycles. The van der Waals surface area contributed by atoms with Crippen LogP contribution in [0.15, 0.2) is 27.6 Å². The van der Waals surface area contributed by atoms with E-state index in [1.54, 1.807) is 13.0 Å². The monoisotopic (exact) mass is 430 g/mol. The van der Waals surface area contributed by atoms with E-state index in [9.17, 15) is 29.7 Å². The smallest absolute Gasteiger partial charge is 0.335 e. The van der Waals surface area contributed by atoms with Gasteiger partial charge in [0.25, 0.3) is 0 Å². The summed E-state index contributed by atoms with van der Waals surface area (Å²) in [4.78, 5) is 37.6. The second-order valence-corrected chi connectivity index (χ2v) is 10.5. The van der Waals surface area contributed by atoms with Crippen LogP contribution in [0.4, 0.5) is 0 Å². The standard InChI is InChI=1S/C24H30O7/c1-22-16(13-2-5-18(27)31-11-13)7-9-24(22,30)17-4-3-14-10-15(26)6-8-23(14,12-25)19(17)20(28)21(22)29/h2,5,11-12,14-17,19,21,26,29-30H,3-4,6-10H2,1H3/t14-,15+,16-,17-,19-,21-,22+,23-,24+/m1/s1. The Balaban J connectivity index is 1.60. The molecule has 0 aromatic carbocycles. The van der Waals surface area contributed by atoms with E-state index >= 15 is 0 Å². The Hall–Kier alpha value is -1.83. The molecule has 4 saturated carbocycles. The number of carbonyl (C=O) groups excluding carboxylic acids is 2. The summed E-state index contributed by atoms with van der Waals surface area (Å²) >= 11 is 0. The molecule has 0 spiro atoms. The van der Waals surface area contributed by atoms with Crippen LogP contribution in [0.25, 0.3) is 0 Å². The van der Waals surface area contributed by atoms with Crippen LogP contribution in [0.3, 0.4) is 0 Å². The topological polar surface area (TPSA) is 125 Å². The maximum absolute atomic E-state index is 13.7. The van der Waals surface area contributed by atoms with Crippen LogP contribution in [0.2, 0.25) is 0 Å². The largest absolute Gasteiger partial charge is 0.431 e. The molecule has 0 saturated heterocycles. The van der Waals surface area contributed by atoms with Gasteiger partial charge in [0, 0.05) is 22.8 Å². The van der Waals surface area contributed by atoms with E-state index in [4.69, 9.17) is 4.42 Å². The maximum Gasteiger partial charge on any atom is 0.335 e. The van der Waals surface area contributed by atoms with E-state index in [1.165, 1.54) is 12.3 Å². The van der Waals surface area contributed by atoms with Crippen molar-refractivity contribution in [2.24, 2.45) is 28.6 Å². The summed E-state index contributed by atoms with van der Waals surface area (Å²) in [6.07, 6.45) is 3.87. The molecule has 4 aliphatic carbocycles. The first-order chi connectivity index (χ1) is 14.7. The SMILES string of the molecule is C[C@]12[C@H](O)C(=O)[C@H]3[C@@H](CC[C@@H]4C[C@@H](O)CC[C@@]43C=O)[C@@]1(O)CC[C@@H]2c1ccc(=O)oc1. The average Bonchev–Trinajstić information content (AvgIpc) is 3.05. The molecule has 168 valence electrons. The second-order valence-electron chi connectivity index (χ2n) is 10.5. The molecule has 4 fully saturated rings. The van der Waals surface area contributed by atoms with Gasteiger partial charge in [0.2, 0.25) is 0 Å². The quantitative estimate of drug-likeness (QED) is 0.608. The van der Waals surface area contributed by atoms with Gasteiger partial charge in [0.1, 0.15) is 12.4 Å². The van der Waals surface area contributed by atoms with Crippen molar-refractivity contribution in [1.82, 2.24) is 0 Å². The highest BCUT2D eigenvalue weighted by Crippen LogP contribution is 2.69. The first kappa shape index (κ1) is 21.0. The summed E-state index contributed by atoms with van der Waals surface area (Å²) in [7, 11) is 0. The van der Waals surface area contributed by atoms with E-state index in [-0.39, 0.29) is 17.6 Å². The number of aliphatic hydroxyl groups is 3. The lowest BCUT2D eigenvalue weighted by Crippen LogP contribution is -2.71. The van der Waals surface area contributed by atoms with Crippen molar-refractivity contribution in [3.05, 3.63) is 34.4 Å². The minimum absolute atomic E-state index is 0.111. The van der Waals surface area contributed by atoms with Gasteiger partial charge < -0.3 is 24.5 Å². The van der Waals surface area contributed by atoms with Crippen molar-refractivity contribution < 1.29 is 29.3 Å². The van der Waals surface area contributed by atoms with Gasteiger partial charge in [-0.3, -0.25) is 4.79 Å². The first-order valence-electron chi connectivity index (χ1n) is 11.4. The lowest BCUT2D eigenvalue weighted by Gasteiger charge is -2.63. The molecule has 4 aliphatic rings. The van der Waals surface area contributed by atoms with Crippen molar-refractivity contribution in [2.75, 3.05) is 0 Å². The molecule has 7 nitrogen and oxygen atoms in total. The van der Waals surface area contributed by atoms with E-state index in [1.807, 2.05) is 0 Å².